The van der Waals surface area contributed by atoms with E-state index >= 15 is 0 Å². The van der Waals surface area contributed by atoms with Crippen LogP contribution in [0.25, 0.3) is 11.1 Å². The summed E-state index contributed by atoms with van der Waals surface area (Å²) in [5.74, 6) is 2.65. The number of benzene rings is 1. The fraction of sp³-hybridized carbons (Fsp3) is 0.133. The maximum absolute atomic E-state index is 5.37. The summed E-state index contributed by atoms with van der Waals surface area (Å²) in [5.41, 5.74) is 5.55. The van der Waals surface area contributed by atoms with Crippen LogP contribution in [0.15, 0.2) is 36.5 Å². The van der Waals surface area contributed by atoms with Crippen LogP contribution in [0, 0.1) is 26.2 Å². The van der Waals surface area contributed by atoms with Gasteiger partial charge in [-0.15, -0.1) is 6.42 Å². The van der Waals surface area contributed by atoms with Gasteiger partial charge in [0, 0.05) is 17.5 Å². The second-order valence-electron chi connectivity index (χ2n) is 3.86. The molecule has 0 saturated carbocycles. The molecule has 1 heterocycles. The fourth-order valence-electron chi connectivity index (χ4n) is 1.79. The van der Waals surface area contributed by atoms with Crippen molar-refractivity contribution in [2.24, 2.45) is 0 Å². The molecule has 0 spiro atoms. The normalized spacial score (nSPS) is 9.81. The molecule has 0 aliphatic heterocycles. The van der Waals surface area contributed by atoms with E-state index in [1.807, 2.05) is 31.3 Å². The lowest BCUT2D eigenvalue weighted by atomic mass is 9.99. The van der Waals surface area contributed by atoms with Crippen molar-refractivity contribution in [3.63, 3.8) is 0 Å². The van der Waals surface area contributed by atoms with Gasteiger partial charge in [0.15, 0.2) is 0 Å². The Morgan fingerprint density at radius 1 is 1.12 bits per heavy atom. The van der Waals surface area contributed by atoms with Crippen molar-refractivity contribution in [3.05, 3.63) is 53.3 Å². The second-order valence-corrected chi connectivity index (χ2v) is 3.86. The summed E-state index contributed by atoms with van der Waals surface area (Å²) in [7, 11) is 0. The number of rotatable bonds is 1. The molecular weight excluding hydrogens is 194 g/mol. The van der Waals surface area contributed by atoms with E-state index in [0.29, 0.717) is 0 Å². The first-order chi connectivity index (χ1) is 7.70. The van der Waals surface area contributed by atoms with Crippen molar-refractivity contribution in [2.75, 3.05) is 0 Å². The van der Waals surface area contributed by atoms with Crippen LogP contribution >= 0.6 is 0 Å². The van der Waals surface area contributed by atoms with Crippen molar-refractivity contribution in [3.8, 4) is 23.5 Å². The lowest BCUT2D eigenvalue weighted by molar-refractivity contribution is 1.20. The van der Waals surface area contributed by atoms with Gasteiger partial charge < -0.3 is 0 Å². The van der Waals surface area contributed by atoms with Crippen LogP contribution < -0.4 is 0 Å². The zero-order chi connectivity index (χ0) is 11.5. The highest BCUT2D eigenvalue weighted by Crippen LogP contribution is 2.24. The predicted molar refractivity (Wildman–Crippen MR) is 67.1 cm³/mol. The Morgan fingerprint density at radius 2 is 1.94 bits per heavy atom. The Bertz CT molecular complexity index is 562. The Labute approximate surface area is 96.2 Å². The summed E-state index contributed by atoms with van der Waals surface area (Å²) < 4.78 is 0. The van der Waals surface area contributed by atoms with Crippen LogP contribution in [-0.2, 0) is 0 Å². The van der Waals surface area contributed by atoms with Gasteiger partial charge in [-0.2, -0.15) is 0 Å². The molecular formula is C15H13N. The predicted octanol–water partition coefficient (Wildman–Crippen LogP) is 3.35. The Morgan fingerprint density at radius 3 is 2.56 bits per heavy atom. The van der Waals surface area contributed by atoms with Gasteiger partial charge in [0.1, 0.15) is 0 Å². The van der Waals surface area contributed by atoms with Crippen LogP contribution in [0.5, 0.6) is 0 Å². The molecule has 0 aliphatic rings. The molecule has 0 aliphatic carbocycles. The first-order valence-corrected chi connectivity index (χ1v) is 5.21. The highest BCUT2D eigenvalue weighted by molar-refractivity contribution is 5.68. The lowest BCUT2D eigenvalue weighted by Crippen LogP contribution is -1.87. The maximum Gasteiger partial charge on any atom is 0.0378 e. The minimum absolute atomic E-state index is 0.923. The average molecular weight is 207 g/mol. The monoisotopic (exact) mass is 207 g/mol. The minimum Gasteiger partial charge on any atom is -0.262 e. The smallest absolute Gasteiger partial charge is 0.0378 e. The first kappa shape index (κ1) is 10.4. The largest absolute Gasteiger partial charge is 0.262 e. The second kappa shape index (κ2) is 4.20. The molecule has 1 nitrogen and oxygen atoms in total. The highest BCUT2D eigenvalue weighted by Gasteiger charge is 2.02. The SMILES string of the molecule is C#Cc1ccc(-c2ccnc(C)c2)c(C)c1. The lowest BCUT2D eigenvalue weighted by Gasteiger charge is -2.07. The Kier molecular flexibility index (Phi) is 2.74. The number of hydrogen-bond donors (Lipinski definition) is 0. The molecule has 1 aromatic carbocycles. The third-order valence-corrected chi connectivity index (χ3v) is 2.60. The van der Waals surface area contributed by atoms with Gasteiger partial charge in [-0.1, -0.05) is 12.0 Å². The fourth-order valence-corrected chi connectivity index (χ4v) is 1.79. The average Bonchev–Trinajstić information content (AvgIpc) is 2.28. The van der Waals surface area contributed by atoms with E-state index in [-0.39, 0.29) is 0 Å². The molecule has 1 aromatic heterocycles. The standard InChI is InChI=1S/C15H13N/c1-4-13-5-6-15(11(2)9-13)14-7-8-16-12(3)10-14/h1,5-10H,2-3H3. The van der Waals surface area contributed by atoms with Gasteiger partial charge in [-0.3, -0.25) is 4.98 Å². The van der Waals surface area contributed by atoms with E-state index < -0.39 is 0 Å². The van der Waals surface area contributed by atoms with Crippen molar-refractivity contribution < 1.29 is 0 Å². The minimum atomic E-state index is 0.923. The zero-order valence-corrected chi connectivity index (χ0v) is 9.49. The molecule has 78 valence electrons. The van der Waals surface area contributed by atoms with E-state index in [0.717, 1.165) is 11.3 Å². The van der Waals surface area contributed by atoms with E-state index in [1.54, 1.807) is 0 Å². The Hall–Kier alpha value is -2.07. The number of terminal acetylenes is 1. The quantitative estimate of drug-likeness (QED) is 0.653. The molecule has 0 amide bonds. The summed E-state index contributed by atoms with van der Waals surface area (Å²) in [6, 6.07) is 10.2. The van der Waals surface area contributed by atoms with Gasteiger partial charge in [0.2, 0.25) is 0 Å². The van der Waals surface area contributed by atoms with E-state index in [1.165, 1.54) is 16.7 Å². The molecule has 0 unspecified atom stereocenters. The number of hydrogen-bond acceptors (Lipinski definition) is 1. The van der Waals surface area contributed by atoms with Crippen LogP contribution in [0.2, 0.25) is 0 Å². The van der Waals surface area contributed by atoms with Crippen molar-refractivity contribution in [1.82, 2.24) is 4.98 Å². The topological polar surface area (TPSA) is 12.9 Å². The Balaban J connectivity index is 2.53. The number of pyridine rings is 1. The van der Waals surface area contributed by atoms with Crippen LogP contribution in [-0.4, -0.2) is 4.98 Å². The maximum atomic E-state index is 5.37. The summed E-state index contributed by atoms with van der Waals surface area (Å²) in [6.07, 6.45) is 7.20. The molecule has 2 rings (SSSR count). The highest BCUT2D eigenvalue weighted by atomic mass is 14.6. The molecule has 1 heteroatoms. The summed E-state index contributed by atoms with van der Waals surface area (Å²) in [4.78, 5) is 4.20. The van der Waals surface area contributed by atoms with Crippen LogP contribution in [0.4, 0.5) is 0 Å². The molecule has 0 bridgehead atoms. The van der Waals surface area contributed by atoms with Crippen LogP contribution in [0.1, 0.15) is 16.8 Å². The molecule has 16 heavy (non-hydrogen) atoms. The zero-order valence-electron chi connectivity index (χ0n) is 9.49. The van der Waals surface area contributed by atoms with Gasteiger partial charge in [0.05, 0.1) is 0 Å². The van der Waals surface area contributed by atoms with Crippen molar-refractivity contribution in [2.45, 2.75) is 13.8 Å². The molecule has 0 radical (unpaired) electrons. The first-order valence-electron chi connectivity index (χ1n) is 5.21. The molecule has 0 atom stereocenters. The number of nitrogens with zero attached hydrogens (tertiary/aromatic N) is 1. The summed E-state index contributed by atoms with van der Waals surface area (Å²) in [5, 5.41) is 0. The molecule has 0 fully saturated rings. The molecule has 0 saturated heterocycles. The van der Waals surface area contributed by atoms with Gasteiger partial charge in [0.25, 0.3) is 0 Å². The number of aryl methyl sites for hydroxylation is 2. The third kappa shape index (κ3) is 1.97. The van der Waals surface area contributed by atoms with Crippen molar-refractivity contribution >= 4 is 0 Å². The summed E-state index contributed by atoms with van der Waals surface area (Å²) in [6.45, 7) is 4.07. The van der Waals surface area contributed by atoms with E-state index in [4.69, 9.17) is 6.42 Å². The van der Waals surface area contributed by atoms with Crippen LogP contribution in [0.3, 0.4) is 0 Å². The molecule has 0 N–H and O–H groups in total. The van der Waals surface area contributed by atoms with Gasteiger partial charge >= 0.3 is 0 Å². The third-order valence-electron chi connectivity index (χ3n) is 2.60. The van der Waals surface area contributed by atoms with Gasteiger partial charge in [-0.25, -0.2) is 0 Å². The van der Waals surface area contributed by atoms with Gasteiger partial charge in [-0.05, 0) is 54.8 Å². The van der Waals surface area contributed by atoms with E-state index in [9.17, 15) is 0 Å². The van der Waals surface area contributed by atoms with E-state index in [2.05, 4.69) is 30.0 Å². The van der Waals surface area contributed by atoms with Crippen molar-refractivity contribution in [1.29, 1.82) is 0 Å². The summed E-state index contributed by atoms with van der Waals surface area (Å²) >= 11 is 0. The number of aromatic nitrogens is 1. The molecule has 2 aromatic rings.